The molecule has 1 aromatic carbocycles. The van der Waals surface area contributed by atoms with Gasteiger partial charge in [-0.3, -0.25) is 4.98 Å². The van der Waals surface area contributed by atoms with Crippen molar-refractivity contribution in [2.45, 2.75) is 30.1 Å². The van der Waals surface area contributed by atoms with E-state index in [1.807, 2.05) is 24.3 Å². The molecular weight excluding hydrogens is 274 g/mol. The summed E-state index contributed by atoms with van der Waals surface area (Å²) in [6, 6.07) is 9.30. The monoisotopic (exact) mass is 291 g/mol. The Morgan fingerprint density at radius 1 is 1.35 bits per heavy atom. The molecule has 5 heteroatoms. The highest BCUT2D eigenvalue weighted by Gasteiger charge is 2.48. The number of benzene rings is 1. The van der Waals surface area contributed by atoms with Gasteiger partial charge < -0.3 is 5.11 Å². The SMILES string of the molecule is CS(=O)(=O)C1CCCC1(O)c1ccc2cccnc2c1. The van der Waals surface area contributed by atoms with Gasteiger partial charge in [-0.15, -0.1) is 0 Å². The number of sulfone groups is 1. The molecular formula is C15H17NO3S. The first kappa shape index (κ1) is 13.5. The molecule has 2 atom stereocenters. The maximum Gasteiger partial charge on any atom is 0.153 e. The second-order valence-electron chi connectivity index (χ2n) is 5.55. The Balaban J connectivity index is 2.13. The Morgan fingerprint density at radius 2 is 2.15 bits per heavy atom. The summed E-state index contributed by atoms with van der Waals surface area (Å²) in [5.74, 6) is 0. The summed E-state index contributed by atoms with van der Waals surface area (Å²) in [6.45, 7) is 0. The number of aromatic nitrogens is 1. The second-order valence-corrected chi connectivity index (χ2v) is 7.77. The molecule has 1 aromatic heterocycles. The maximum absolute atomic E-state index is 11.9. The molecule has 1 saturated carbocycles. The van der Waals surface area contributed by atoms with E-state index in [1.54, 1.807) is 12.3 Å². The maximum atomic E-state index is 11.9. The Kier molecular flexibility index (Phi) is 3.06. The minimum absolute atomic E-state index is 0.475. The number of rotatable bonds is 2. The molecule has 1 heterocycles. The molecule has 20 heavy (non-hydrogen) atoms. The van der Waals surface area contributed by atoms with Crippen molar-refractivity contribution < 1.29 is 13.5 Å². The van der Waals surface area contributed by atoms with Crippen molar-refractivity contribution in [3.8, 4) is 0 Å². The van der Waals surface area contributed by atoms with E-state index < -0.39 is 20.7 Å². The van der Waals surface area contributed by atoms with Gasteiger partial charge in [0.2, 0.25) is 0 Å². The van der Waals surface area contributed by atoms with Crippen molar-refractivity contribution in [1.82, 2.24) is 4.98 Å². The third-order valence-electron chi connectivity index (χ3n) is 4.18. The van der Waals surface area contributed by atoms with Crippen LogP contribution in [-0.4, -0.2) is 30.0 Å². The zero-order chi connectivity index (χ0) is 14.4. The van der Waals surface area contributed by atoms with E-state index >= 15 is 0 Å². The number of hydrogen-bond donors (Lipinski definition) is 1. The topological polar surface area (TPSA) is 67.3 Å². The molecule has 106 valence electrons. The molecule has 0 saturated heterocycles. The molecule has 1 aliphatic carbocycles. The minimum Gasteiger partial charge on any atom is -0.384 e. The van der Waals surface area contributed by atoms with E-state index in [1.165, 1.54) is 6.26 Å². The van der Waals surface area contributed by atoms with Gasteiger partial charge in [0.15, 0.2) is 9.84 Å². The average Bonchev–Trinajstić information content (AvgIpc) is 2.81. The second kappa shape index (κ2) is 4.53. The molecule has 1 N–H and O–H groups in total. The summed E-state index contributed by atoms with van der Waals surface area (Å²) in [7, 11) is -3.28. The minimum atomic E-state index is -3.28. The fraction of sp³-hybridized carbons (Fsp3) is 0.400. The van der Waals surface area contributed by atoms with E-state index in [4.69, 9.17) is 0 Å². The lowest BCUT2D eigenvalue weighted by Gasteiger charge is -2.29. The van der Waals surface area contributed by atoms with Crippen LogP contribution < -0.4 is 0 Å². The standard InChI is InChI=1S/C15H17NO3S/c1-20(18,19)14-5-2-8-15(14,17)12-7-6-11-4-3-9-16-13(11)10-12/h3-4,6-7,9-10,14,17H,2,5,8H2,1H3. The Hall–Kier alpha value is -1.46. The van der Waals surface area contributed by atoms with Crippen LogP contribution in [0.2, 0.25) is 0 Å². The third kappa shape index (κ3) is 2.11. The van der Waals surface area contributed by atoms with Crippen molar-refractivity contribution in [2.75, 3.05) is 6.26 Å². The highest BCUT2D eigenvalue weighted by atomic mass is 32.2. The van der Waals surface area contributed by atoms with Crippen LogP contribution >= 0.6 is 0 Å². The van der Waals surface area contributed by atoms with Gasteiger partial charge in [0.05, 0.1) is 10.8 Å². The molecule has 0 bridgehead atoms. The van der Waals surface area contributed by atoms with Crippen LogP contribution in [0, 0.1) is 0 Å². The molecule has 0 spiro atoms. The molecule has 2 aromatic rings. The van der Waals surface area contributed by atoms with Crippen molar-refractivity contribution in [3.05, 3.63) is 42.1 Å². The fourth-order valence-electron chi connectivity index (χ4n) is 3.19. The highest BCUT2D eigenvalue weighted by Crippen LogP contribution is 2.42. The van der Waals surface area contributed by atoms with Gasteiger partial charge in [0, 0.05) is 17.8 Å². The summed E-state index contributed by atoms with van der Waals surface area (Å²) in [4.78, 5) is 4.27. The summed E-state index contributed by atoms with van der Waals surface area (Å²) in [5.41, 5.74) is 0.133. The normalized spacial score (nSPS) is 27.0. The first-order valence-electron chi connectivity index (χ1n) is 6.68. The van der Waals surface area contributed by atoms with Gasteiger partial charge in [-0.05, 0) is 37.0 Å². The quantitative estimate of drug-likeness (QED) is 0.919. The Labute approximate surface area is 118 Å². The summed E-state index contributed by atoms with van der Waals surface area (Å²) in [6.07, 6.45) is 4.60. The van der Waals surface area contributed by atoms with Crippen LogP contribution in [-0.2, 0) is 15.4 Å². The van der Waals surface area contributed by atoms with Gasteiger partial charge in [-0.1, -0.05) is 18.2 Å². The van der Waals surface area contributed by atoms with Gasteiger partial charge in [0.1, 0.15) is 5.60 Å². The van der Waals surface area contributed by atoms with Crippen molar-refractivity contribution in [2.24, 2.45) is 0 Å². The first-order valence-corrected chi connectivity index (χ1v) is 8.63. The van der Waals surface area contributed by atoms with Crippen LogP contribution in [0.4, 0.5) is 0 Å². The highest BCUT2D eigenvalue weighted by molar-refractivity contribution is 7.91. The molecule has 0 radical (unpaired) electrons. The lowest BCUT2D eigenvalue weighted by atomic mass is 9.91. The van der Waals surface area contributed by atoms with E-state index in [2.05, 4.69) is 4.98 Å². The third-order valence-corrected chi connectivity index (χ3v) is 5.84. The first-order chi connectivity index (χ1) is 9.41. The lowest BCUT2D eigenvalue weighted by Crippen LogP contribution is -2.39. The van der Waals surface area contributed by atoms with Crippen molar-refractivity contribution >= 4 is 20.7 Å². The largest absolute Gasteiger partial charge is 0.384 e. The molecule has 1 aliphatic rings. The van der Waals surface area contributed by atoms with Crippen LogP contribution in [0.5, 0.6) is 0 Å². The zero-order valence-corrected chi connectivity index (χ0v) is 12.1. The summed E-state index contributed by atoms with van der Waals surface area (Å²) in [5, 5.41) is 11.2. The summed E-state index contributed by atoms with van der Waals surface area (Å²) >= 11 is 0. The Morgan fingerprint density at radius 3 is 2.90 bits per heavy atom. The van der Waals surface area contributed by atoms with Crippen molar-refractivity contribution in [1.29, 1.82) is 0 Å². The molecule has 2 unspecified atom stereocenters. The number of pyridine rings is 1. The van der Waals surface area contributed by atoms with E-state index in [0.29, 0.717) is 24.8 Å². The predicted molar refractivity (Wildman–Crippen MR) is 78.1 cm³/mol. The smallest absolute Gasteiger partial charge is 0.153 e. The Bertz CT molecular complexity index is 757. The van der Waals surface area contributed by atoms with Gasteiger partial charge in [-0.25, -0.2) is 8.42 Å². The number of hydrogen-bond acceptors (Lipinski definition) is 4. The van der Waals surface area contributed by atoms with Gasteiger partial charge >= 0.3 is 0 Å². The summed E-state index contributed by atoms with van der Waals surface area (Å²) < 4.78 is 23.8. The van der Waals surface area contributed by atoms with Crippen molar-refractivity contribution in [3.63, 3.8) is 0 Å². The zero-order valence-electron chi connectivity index (χ0n) is 11.3. The fourth-order valence-corrected chi connectivity index (χ4v) is 4.75. The molecule has 1 fully saturated rings. The van der Waals surface area contributed by atoms with Gasteiger partial charge in [0.25, 0.3) is 0 Å². The van der Waals surface area contributed by atoms with Crippen LogP contribution in [0.1, 0.15) is 24.8 Å². The molecule has 4 nitrogen and oxygen atoms in total. The van der Waals surface area contributed by atoms with Crippen LogP contribution in [0.25, 0.3) is 10.9 Å². The number of nitrogens with zero attached hydrogens (tertiary/aromatic N) is 1. The number of aliphatic hydroxyl groups is 1. The number of fused-ring (bicyclic) bond motifs is 1. The molecule has 0 amide bonds. The lowest BCUT2D eigenvalue weighted by molar-refractivity contribution is 0.0478. The van der Waals surface area contributed by atoms with E-state index in [0.717, 1.165) is 10.9 Å². The van der Waals surface area contributed by atoms with E-state index in [-0.39, 0.29) is 0 Å². The van der Waals surface area contributed by atoms with E-state index in [9.17, 15) is 13.5 Å². The molecule has 0 aliphatic heterocycles. The predicted octanol–water partition coefficient (Wildman–Crippen LogP) is 2.02. The average molecular weight is 291 g/mol. The van der Waals surface area contributed by atoms with Crippen LogP contribution in [0.3, 0.4) is 0 Å². The van der Waals surface area contributed by atoms with Crippen LogP contribution in [0.15, 0.2) is 36.5 Å². The van der Waals surface area contributed by atoms with Gasteiger partial charge in [-0.2, -0.15) is 0 Å². The molecule has 3 rings (SSSR count).